The normalized spacial score (nSPS) is 43.1. The van der Waals surface area contributed by atoms with Gasteiger partial charge in [0.15, 0.2) is 0 Å². The summed E-state index contributed by atoms with van der Waals surface area (Å²) in [6.45, 7) is 20.5. The summed E-state index contributed by atoms with van der Waals surface area (Å²) < 4.78 is 12.5. The monoisotopic (exact) mass is 715 g/mol. The number of hydrogen-bond donors (Lipinski definition) is 0. The molecule has 12 atom stereocenters. The van der Waals surface area contributed by atoms with Gasteiger partial charge in [-0.05, 0) is 172 Å². The highest BCUT2D eigenvalue weighted by Crippen LogP contribution is 2.66. The fraction of sp³-hybridized carbons (Fsp3) is 0.833. The minimum Gasteiger partial charge on any atom is -0.461 e. The second-order valence-corrected chi connectivity index (χ2v) is 21.4. The molecule has 0 aromatic heterocycles. The zero-order chi connectivity index (χ0) is 37.1. The van der Waals surface area contributed by atoms with Crippen molar-refractivity contribution in [2.75, 3.05) is 13.2 Å². The van der Waals surface area contributed by atoms with Gasteiger partial charge in [0.25, 0.3) is 0 Å². The lowest BCUT2D eigenvalue weighted by atomic mass is 9.44. The van der Waals surface area contributed by atoms with Crippen molar-refractivity contribution in [3.63, 3.8) is 0 Å². The van der Waals surface area contributed by atoms with Crippen molar-refractivity contribution >= 4 is 11.9 Å². The summed E-state index contributed by atoms with van der Waals surface area (Å²) in [5.74, 6) is 7.02. The van der Waals surface area contributed by atoms with Crippen LogP contribution in [0.5, 0.6) is 0 Å². The minimum atomic E-state index is -0.376. The predicted octanol–water partition coefficient (Wildman–Crippen LogP) is 12.6. The van der Waals surface area contributed by atoms with Gasteiger partial charge in [0, 0.05) is 10.8 Å². The van der Waals surface area contributed by atoms with Crippen LogP contribution in [-0.4, -0.2) is 25.2 Å². The van der Waals surface area contributed by atoms with Gasteiger partial charge in [-0.25, -0.2) is 9.59 Å². The number of fused-ring (bicyclic) bond motifs is 6. The van der Waals surface area contributed by atoms with Crippen molar-refractivity contribution in [2.45, 2.75) is 158 Å². The lowest BCUT2D eigenvalue weighted by Gasteiger charge is -2.61. The van der Waals surface area contributed by atoms with Crippen LogP contribution in [0, 0.1) is 80.8 Å². The molecule has 6 fully saturated rings. The smallest absolute Gasteiger partial charge is 0.339 e. The molecule has 1 aromatic rings. The summed E-state index contributed by atoms with van der Waals surface area (Å²) >= 11 is 0. The molecule has 0 spiro atoms. The van der Waals surface area contributed by atoms with Gasteiger partial charge in [0.2, 0.25) is 0 Å². The lowest BCUT2D eigenvalue weighted by molar-refractivity contribution is -0.136. The largest absolute Gasteiger partial charge is 0.461 e. The van der Waals surface area contributed by atoms with Gasteiger partial charge >= 0.3 is 11.9 Å². The van der Waals surface area contributed by atoms with E-state index in [1.807, 2.05) is 12.1 Å². The molecule has 0 radical (unpaired) electrons. The molecule has 0 aliphatic heterocycles. The van der Waals surface area contributed by atoms with Crippen LogP contribution in [0.3, 0.4) is 0 Å². The quantitative estimate of drug-likeness (QED) is 0.252. The number of ether oxygens (including phenoxy) is 2. The first kappa shape index (κ1) is 38.4. The number of carbonyl (C=O) groups excluding carboxylic acids is 2. The molecule has 12 unspecified atom stereocenters. The number of benzene rings is 1. The third-order valence-corrected chi connectivity index (χ3v) is 17.9. The van der Waals surface area contributed by atoms with Crippen LogP contribution < -0.4 is 0 Å². The Morgan fingerprint density at radius 1 is 0.596 bits per heavy atom. The number of rotatable bonds is 8. The Labute approximate surface area is 317 Å². The van der Waals surface area contributed by atoms with Crippen LogP contribution in [0.15, 0.2) is 24.3 Å². The van der Waals surface area contributed by atoms with Crippen molar-refractivity contribution in [1.29, 1.82) is 0 Å². The topological polar surface area (TPSA) is 52.6 Å². The molecule has 6 aliphatic rings. The van der Waals surface area contributed by atoms with Crippen LogP contribution in [-0.2, 0) is 9.47 Å². The van der Waals surface area contributed by atoms with Crippen LogP contribution in [0.25, 0.3) is 0 Å². The Kier molecular flexibility index (Phi) is 10.8. The molecular formula is C48H74O4. The molecule has 0 saturated heterocycles. The van der Waals surface area contributed by atoms with E-state index in [4.69, 9.17) is 9.47 Å². The van der Waals surface area contributed by atoms with Crippen molar-refractivity contribution in [1.82, 2.24) is 0 Å². The van der Waals surface area contributed by atoms with Gasteiger partial charge in [0.05, 0.1) is 24.3 Å². The average Bonchev–Trinajstić information content (AvgIpc) is 3.12. The molecule has 6 saturated carbocycles. The SMILES string of the molecule is CC(C)C1CCC2C(CCC3C(C)(COC(=O)c4ccccc4C(=O)OCC4(C)CCCC5(C)C6CCC(C(C)C)CC6CCC45)CCCC23C)C1. The van der Waals surface area contributed by atoms with Gasteiger partial charge in [-0.3, -0.25) is 0 Å². The second-order valence-electron chi connectivity index (χ2n) is 21.4. The number of esters is 2. The summed E-state index contributed by atoms with van der Waals surface area (Å²) in [5, 5.41) is 0. The standard InChI is InChI=1S/C48H74O4/c1-31(2)33-15-19-39-35(27-33)17-21-41-45(5,23-11-25-47(39,41)7)29-51-43(49)37-13-9-10-14-38(37)44(50)52-30-46(6)24-12-26-48(8)40-20-16-34(32(3)4)28-36(40)18-22-42(46)48/h9-10,13-14,31-36,39-42H,11-12,15-30H2,1-8H3. The average molecular weight is 715 g/mol. The summed E-state index contributed by atoms with van der Waals surface area (Å²) in [6, 6.07) is 7.22. The van der Waals surface area contributed by atoms with E-state index in [0.29, 0.717) is 47.0 Å². The first-order chi connectivity index (χ1) is 24.7. The van der Waals surface area contributed by atoms with Crippen LogP contribution in [0.2, 0.25) is 0 Å². The molecule has 0 heterocycles. The Hall–Kier alpha value is -1.84. The van der Waals surface area contributed by atoms with Gasteiger partial charge in [0.1, 0.15) is 0 Å². The van der Waals surface area contributed by atoms with Gasteiger partial charge < -0.3 is 9.47 Å². The third kappa shape index (κ3) is 6.84. The van der Waals surface area contributed by atoms with Gasteiger partial charge in [-0.2, -0.15) is 0 Å². The molecular weight excluding hydrogens is 641 g/mol. The maximum Gasteiger partial charge on any atom is 0.339 e. The Balaban J connectivity index is 0.994. The highest BCUT2D eigenvalue weighted by molar-refractivity contribution is 6.03. The van der Waals surface area contributed by atoms with Gasteiger partial charge in [-0.1, -0.05) is 80.4 Å². The molecule has 4 heteroatoms. The van der Waals surface area contributed by atoms with Crippen LogP contribution in [0.4, 0.5) is 0 Å². The molecule has 52 heavy (non-hydrogen) atoms. The second kappa shape index (κ2) is 14.7. The molecule has 0 N–H and O–H groups in total. The first-order valence-electron chi connectivity index (χ1n) is 22.1. The number of carbonyl (C=O) groups is 2. The molecule has 4 nitrogen and oxygen atoms in total. The maximum absolute atomic E-state index is 13.9. The van der Waals surface area contributed by atoms with E-state index < -0.39 is 0 Å². The van der Waals surface area contributed by atoms with Crippen molar-refractivity contribution in [3.8, 4) is 0 Å². The van der Waals surface area contributed by atoms with E-state index in [0.717, 1.165) is 60.2 Å². The Bertz CT molecular complexity index is 1340. The zero-order valence-corrected chi connectivity index (χ0v) is 34.4. The van der Waals surface area contributed by atoms with Gasteiger partial charge in [-0.15, -0.1) is 0 Å². The Morgan fingerprint density at radius 3 is 1.38 bits per heavy atom. The fourth-order valence-electron chi connectivity index (χ4n) is 15.0. The first-order valence-corrected chi connectivity index (χ1v) is 22.1. The summed E-state index contributed by atoms with van der Waals surface area (Å²) in [7, 11) is 0. The number of hydrogen-bond acceptors (Lipinski definition) is 4. The van der Waals surface area contributed by atoms with E-state index in [1.165, 1.54) is 89.9 Å². The van der Waals surface area contributed by atoms with E-state index >= 15 is 0 Å². The van der Waals surface area contributed by atoms with E-state index in [1.54, 1.807) is 12.1 Å². The van der Waals surface area contributed by atoms with E-state index in [9.17, 15) is 9.59 Å². The van der Waals surface area contributed by atoms with Crippen LogP contribution >= 0.6 is 0 Å². The van der Waals surface area contributed by atoms with E-state index in [-0.39, 0.29) is 22.8 Å². The predicted molar refractivity (Wildman–Crippen MR) is 211 cm³/mol. The molecule has 0 bridgehead atoms. The fourth-order valence-corrected chi connectivity index (χ4v) is 15.0. The van der Waals surface area contributed by atoms with E-state index in [2.05, 4.69) is 55.4 Å². The molecule has 7 rings (SSSR count). The third-order valence-electron chi connectivity index (χ3n) is 17.9. The maximum atomic E-state index is 13.9. The summed E-state index contributed by atoms with van der Waals surface area (Å²) in [4.78, 5) is 27.8. The molecule has 1 aromatic carbocycles. The van der Waals surface area contributed by atoms with Crippen molar-refractivity contribution in [3.05, 3.63) is 35.4 Å². The summed E-state index contributed by atoms with van der Waals surface area (Å²) in [5.41, 5.74) is 1.28. The highest BCUT2D eigenvalue weighted by atomic mass is 16.5. The molecule has 6 aliphatic carbocycles. The lowest BCUT2D eigenvalue weighted by Crippen LogP contribution is -2.55. The minimum absolute atomic E-state index is 0.0345. The van der Waals surface area contributed by atoms with Crippen molar-refractivity contribution < 1.29 is 19.1 Å². The molecule has 0 amide bonds. The zero-order valence-electron chi connectivity index (χ0n) is 34.4. The van der Waals surface area contributed by atoms with Crippen molar-refractivity contribution in [2.24, 2.45) is 80.8 Å². The van der Waals surface area contributed by atoms with Crippen LogP contribution in [0.1, 0.15) is 179 Å². The highest BCUT2D eigenvalue weighted by Gasteiger charge is 2.59. The Morgan fingerprint density at radius 2 is 1.00 bits per heavy atom. The molecule has 290 valence electrons. The summed E-state index contributed by atoms with van der Waals surface area (Å²) in [6.07, 6.45) is 20.7.